The van der Waals surface area contributed by atoms with Gasteiger partial charge >= 0.3 is 5.97 Å². The van der Waals surface area contributed by atoms with E-state index < -0.39 is 11.5 Å². The molecule has 0 aromatic rings. The van der Waals surface area contributed by atoms with Gasteiger partial charge in [-0.25, -0.2) is 0 Å². The Labute approximate surface area is 96.0 Å². The lowest BCUT2D eigenvalue weighted by Crippen LogP contribution is -2.50. The molecular weight excluding hydrogens is 210 g/mol. The van der Waals surface area contributed by atoms with E-state index in [0.29, 0.717) is 5.25 Å². The van der Waals surface area contributed by atoms with E-state index in [2.05, 4.69) is 12.2 Å². The summed E-state index contributed by atoms with van der Waals surface area (Å²) in [4.78, 5) is 11.3. The highest BCUT2D eigenvalue weighted by molar-refractivity contribution is 7.99. The van der Waals surface area contributed by atoms with Crippen molar-refractivity contribution in [1.29, 1.82) is 0 Å². The first-order valence-electron chi connectivity index (χ1n) is 5.74. The van der Waals surface area contributed by atoms with Gasteiger partial charge in [0.05, 0.1) is 0 Å². The van der Waals surface area contributed by atoms with Crippen molar-refractivity contribution in [3.8, 4) is 0 Å². The summed E-state index contributed by atoms with van der Waals surface area (Å²) in [5, 5.41) is 12.9. The Morgan fingerprint density at radius 2 is 2.33 bits per heavy atom. The van der Waals surface area contributed by atoms with Crippen molar-refractivity contribution < 1.29 is 9.90 Å². The van der Waals surface area contributed by atoms with E-state index in [1.165, 1.54) is 6.42 Å². The summed E-state index contributed by atoms with van der Waals surface area (Å²) >= 11 is 1.93. The Bertz CT molecular complexity index is 223. The molecule has 0 radical (unpaired) electrons. The minimum absolute atomic E-state index is 0.528. The number of likely N-dealkylation sites (N-methyl/N-ethyl adjacent to an activating group) is 1. The molecule has 3 nitrogen and oxygen atoms in total. The van der Waals surface area contributed by atoms with Gasteiger partial charge in [0.25, 0.3) is 0 Å². The van der Waals surface area contributed by atoms with Gasteiger partial charge in [-0.3, -0.25) is 4.79 Å². The van der Waals surface area contributed by atoms with Crippen molar-refractivity contribution in [2.75, 3.05) is 12.3 Å². The molecule has 1 rings (SSSR count). The molecule has 1 aliphatic rings. The highest BCUT2D eigenvalue weighted by Gasteiger charge is 2.44. The molecule has 2 N–H and O–H groups in total. The predicted octanol–water partition coefficient (Wildman–Crippen LogP) is 2.12. The second kappa shape index (κ2) is 5.75. The van der Waals surface area contributed by atoms with Crippen molar-refractivity contribution >= 4 is 17.7 Å². The highest BCUT2D eigenvalue weighted by atomic mass is 32.2. The van der Waals surface area contributed by atoms with Gasteiger partial charge in [0, 0.05) is 5.25 Å². The third-order valence-electron chi connectivity index (χ3n) is 2.95. The fraction of sp³-hybridized carbons (Fsp3) is 0.909. The van der Waals surface area contributed by atoms with Crippen LogP contribution in [0, 0.1) is 0 Å². The van der Waals surface area contributed by atoms with Crippen LogP contribution in [0.3, 0.4) is 0 Å². The van der Waals surface area contributed by atoms with Crippen LogP contribution >= 0.6 is 11.8 Å². The summed E-state index contributed by atoms with van der Waals surface area (Å²) in [6.45, 7) is 4.87. The minimum Gasteiger partial charge on any atom is -0.480 e. The van der Waals surface area contributed by atoms with Gasteiger partial charge in [-0.2, -0.15) is 11.8 Å². The van der Waals surface area contributed by atoms with E-state index >= 15 is 0 Å². The van der Waals surface area contributed by atoms with Gasteiger partial charge in [-0.15, -0.1) is 0 Å². The molecule has 0 amide bonds. The number of carboxylic acid groups (broad SMARTS) is 1. The molecule has 0 aliphatic heterocycles. The van der Waals surface area contributed by atoms with Crippen LogP contribution in [0.2, 0.25) is 0 Å². The Hall–Kier alpha value is -0.220. The molecule has 1 fully saturated rings. The van der Waals surface area contributed by atoms with Gasteiger partial charge in [0.15, 0.2) is 0 Å². The van der Waals surface area contributed by atoms with Crippen molar-refractivity contribution in [1.82, 2.24) is 5.32 Å². The maximum absolute atomic E-state index is 11.3. The molecule has 0 heterocycles. The average molecular weight is 231 g/mol. The molecule has 2 atom stereocenters. The molecule has 4 heteroatoms. The molecular formula is C11H21NO2S. The molecule has 2 unspecified atom stereocenters. The smallest absolute Gasteiger partial charge is 0.323 e. The van der Waals surface area contributed by atoms with Gasteiger partial charge < -0.3 is 10.4 Å². The zero-order chi connectivity index (χ0) is 11.3. The SMILES string of the molecule is CCCSC1CCC(NCC)(C(=O)O)C1. The summed E-state index contributed by atoms with van der Waals surface area (Å²) < 4.78 is 0. The summed E-state index contributed by atoms with van der Waals surface area (Å²) in [5.41, 5.74) is -0.639. The van der Waals surface area contributed by atoms with E-state index in [4.69, 9.17) is 0 Å². The van der Waals surface area contributed by atoms with E-state index in [1.807, 2.05) is 18.7 Å². The lowest BCUT2D eigenvalue weighted by molar-refractivity contribution is -0.144. The summed E-state index contributed by atoms with van der Waals surface area (Å²) in [5.74, 6) is 0.468. The maximum Gasteiger partial charge on any atom is 0.323 e. The lowest BCUT2D eigenvalue weighted by Gasteiger charge is -2.25. The van der Waals surface area contributed by atoms with Crippen molar-refractivity contribution in [3.05, 3.63) is 0 Å². The van der Waals surface area contributed by atoms with E-state index in [-0.39, 0.29) is 0 Å². The van der Waals surface area contributed by atoms with Crippen molar-refractivity contribution in [2.24, 2.45) is 0 Å². The standard InChI is InChI=1S/C11H21NO2S/c1-3-7-15-9-5-6-11(8-9,10(13)14)12-4-2/h9,12H,3-8H2,1-2H3,(H,13,14). The topological polar surface area (TPSA) is 49.3 Å². The van der Waals surface area contributed by atoms with Crippen LogP contribution in [0.15, 0.2) is 0 Å². The Morgan fingerprint density at radius 3 is 2.87 bits per heavy atom. The second-order valence-corrected chi connectivity index (χ2v) is 5.56. The van der Waals surface area contributed by atoms with Gasteiger partial charge in [0.2, 0.25) is 0 Å². The average Bonchev–Trinajstić information content (AvgIpc) is 2.60. The first kappa shape index (κ1) is 12.8. The number of thioether (sulfide) groups is 1. The zero-order valence-electron chi connectivity index (χ0n) is 9.58. The molecule has 0 spiro atoms. The number of carbonyl (C=O) groups is 1. The quantitative estimate of drug-likeness (QED) is 0.735. The Kier molecular flexibility index (Phi) is 4.93. The molecule has 0 saturated heterocycles. The van der Waals surface area contributed by atoms with Crippen LogP contribution < -0.4 is 5.32 Å². The van der Waals surface area contributed by atoms with Crippen LogP contribution in [0.4, 0.5) is 0 Å². The monoisotopic (exact) mass is 231 g/mol. The second-order valence-electron chi connectivity index (χ2n) is 4.15. The van der Waals surface area contributed by atoms with E-state index in [9.17, 15) is 9.90 Å². The molecule has 1 saturated carbocycles. The fourth-order valence-corrected chi connectivity index (χ4v) is 3.45. The van der Waals surface area contributed by atoms with Crippen LogP contribution in [0.5, 0.6) is 0 Å². The van der Waals surface area contributed by atoms with Gasteiger partial charge in [0.1, 0.15) is 5.54 Å². The minimum atomic E-state index is -0.677. The number of nitrogens with one attached hydrogen (secondary N) is 1. The Balaban J connectivity index is 2.52. The van der Waals surface area contributed by atoms with Crippen molar-refractivity contribution in [3.63, 3.8) is 0 Å². The van der Waals surface area contributed by atoms with Crippen LogP contribution in [0.1, 0.15) is 39.5 Å². The number of hydrogen-bond donors (Lipinski definition) is 2. The van der Waals surface area contributed by atoms with Crippen LogP contribution in [0.25, 0.3) is 0 Å². The van der Waals surface area contributed by atoms with Gasteiger partial charge in [-0.05, 0) is 38.0 Å². The van der Waals surface area contributed by atoms with E-state index in [0.717, 1.165) is 31.6 Å². The molecule has 0 aromatic heterocycles. The number of aliphatic carboxylic acids is 1. The zero-order valence-corrected chi connectivity index (χ0v) is 10.4. The molecule has 0 bridgehead atoms. The Morgan fingerprint density at radius 1 is 1.60 bits per heavy atom. The summed E-state index contributed by atoms with van der Waals surface area (Å²) in [6.07, 6.45) is 3.75. The summed E-state index contributed by atoms with van der Waals surface area (Å²) in [7, 11) is 0. The number of rotatable bonds is 6. The fourth-order valence-electron chi connectivity index (χ4n) is 2.20. The summed E-state index contributed by atoms with van der Waals surface area (Å²) in [6, 6.07) is 0. The highest BCUT2D eigenvalue weighted by Crippen LogP contribution is 2.37. The largest absolute Gasteiger partial charge is 0.480 e. The van der Waals surface area contributed by atoms with E-state index in [1.54, 1.807) is 0 Å². The predicted molar refractivity (Wildman–Crippen MR) is 64.4 cm³/mol. The molecule has 0 aromatic carbocycles. The van der Waals surface area contributed by atoms with Crippen molar-refractivity contribution in [2.45, 2.75) is 50.3 Å². The lowest BCUT2D eigenvalue weighted by atomic mass is 9.98. The molecule has 15 heavy (non-hydrogen) atoms. The third kappa shape index (κ3) is 3.11. The molecule has 88 valence electrons. The van der Waals surface area contributed by atoms with Crippen LogP contribution in [-0.4, -0.2) is 34.2 Å². The maximum atomic E-state index is 11.3. The van der Waals surface area contributed by atoms with Crippen LogP contribution in [-0.2, 0) is 4.79 Å². The first-order chi connectivity index (χ1) is 7.14. The normalized spacial score (nSPS) is 30.7. The third-order valence-corrected chi connectivity index (χ3v) is 4.47. The van der Waals surface area contributed by atoms with Gasteiger partial charge in [-0.1, -0.05) is 13.8 Å². The number of hydrogen-bond acceptors (Lipinski definition) is 3. The number of carboxylic acids is 1. The first-order valence-corrected chi connectivity index (χ1v) is 6.79. The molecule has 1 aliphatic carbocycles.